The lowest BCUT2D eigenvalue weighted by molar-refractivity contribution is 0.618. The van der Waals surface area contributed by atoms with Crippen molar-refractivity contribution in [3.8, 4) is 0 Å². The summed E-state index contributed by atoms with van der Waals surface area (Å²) in [5.74, 6) is 0.178. The monoisotopic (exact) mass is 415 g/mol. The van der Waals surface area contributed by atoms with Gasteiger partial charge in [0.15, 0.2) is 0 Å². The molecule has 0 aliphatic heterocycles. The summed E-state index contributed by atoms with van der Waals surface area (Å²) in [6.07, 6.45) is 0. The number of nitrogens with zero attached hydrogens (tertiary/aromatic N) is 2. The lowest BCUT2D eigenvalue weighted by Gasteiger charge is -2.16. The van der Waals surface area contributed by atoms with Gasteiger partial charge in [-0.2, -0.15) is 0 Å². The summed E-state index contributed by atoms with van der Waals surface area (Å²) in [6, 6.07) is 5.44. The van der Waals surface area contributed by atoms with Crippen molar-refractivity contribution in [1.82, 2.24) is 9.55 Å². The molecule has 0 radical (unpaired) electrons. The van der Waals surface area contributed by atoms with Crippen LogP contribution in [0.3, 0.4) is 0 Å². The van der Waals surface area contributed by atoms with E-state index in [1.165, 1.54) is 21.4 Å². The van der Waals surface area contributed by atoms with E-state index in [-0.39, 0.29) is 11.9 Å². The summed E-state index contributed by atoms with van der Waals surface area (Å²) in [7, 11) is 0. The summed E-state index contributed by atoms with van der Waals surface area (Å²) in [6.45, 7) is 6.26. The number of nitrogen functional groups attached to an aromatic ring is 1. The van der Waals surface area contributed by atoms with Gasteiger partial charge in [-0.1, -0.05) is 0 Å². The van der Waals surface area contributed by atoms with E-state index in [4.69, 9.17) is 5.73 Å². The molecule has 2 aromatic heterocycles. The zero-order valence-electron chi connectivity index (χ0n) is 11.9. The van der Waals surface area contributed by atoms with Crippen LogP contribution in [-0.4, -0.2) is 9.55 Å². The van der Waals surface area contributed by atoms with Crippen LogP contribution >= 0.6 is 33.9 Å². The second kappa shape index (κ2) is 5.24. The van der Waals surface area contributed by atoms with Crippen LogP contribution in [0.5, 0.6) is 0 Å². The Balaban J connectivity index is 2.22. The minimum atomic E-state index is -0.241. The Morgan fingerprint density at radius 1 is 1.33 bits per heavy atom. The summed E-state index contributed by atoms with van der Waals surface area (Å²) in [5.41, 5.74) is 8.76. The van der Waals surface area contributed by atoms with Crippen LogP contribution in [0.15, 0.2) is 18.2 Å². The fraction of sp³-hybridized carbons (Fsp3) is 0.267. The summed E-state index contributed by atoms with van der Waals surface area (Å²) < 4.78 is 16.4. The first kappa shape index (κ1) is 14.8. The number of hydrogen-bond acceptors (Lipinski definition) is 3. The van der Waals surface area contributed by atoms with Gasteiger partial charge < -0.3 is 10.3 Å². The largest absolute Gasteiger partial charge is 0.369 e. The number of fused-ring (bicyclic) bond motifs is 1. The van der Waals surface area contributed by atoms with Crippen LogP contribution in [0, 0.1) is 23.2 Å². The molecule has 3 aromatic rings. The van der Waals surface area contributed by atoms with Crippen LogP contribution in [0.2, 0.25) is 0 Å². The quantitative estimate of drug-likeness (QED) is 0.620. The molecule has 21 heavy (non-hydrogen) atoms. The summed E-state index contributed by atoms with van der Waals surface area (Å²) >= 11 is 3.73. The lowest BCUT2D eigenvalue weighted by atomic mass is 10.1. The number of aryl methyl sites for hydroxylation is 2. The number of aromatic nitrogens is 2. The van der Waals surface area contributed by atoms with E-state index in [0.717, 1.165) is 11.0 Å². The van der Waals surface area contributed by atoms with Crippen molar-refractivity contribution < 1.29 is 4.39 Å². The topological polar surface area (TPSA) is 43.8 Å². The lowest BCUT2D eigenvalue weighted by Crippen LogP contribution is -2.10. The molecule has 3 nitrogen and oxygen atoms in total. The van der Waals surface area contributed by atoms with Gasteiger partial charge in [0.25, 0.3) is 0 Å². The maximum atomic E-state index is 13.9. The van der Waals surface area contributed by atoms with Gasteiger partial charge in [0.05, 0.1) is 20.6 Å². The standard InChI is InChI=1S/C15H15FIN3S/c1-7-4-10(9(3)21-7)8(2)20-14-5-11(16)12(17)6-13(14)19-15(20)18/h4-6,8H,1-3H3,(H2,18,19). The number of imidazole rings is 1. The van der Waals surface area contributed by atoms with E-state index in [0.29, 0.717) is 9.52 Å². The summed E-state index contributed by atoms with van der Waals surface area (Å²) in [5, 5.41) is 0. The average molecular weight is 415 g/mol. The molecule has 1 unspecified atom stereocenters. The Bertz CT molecular complexity index is 837. The summed E-state index contributed by atoms with van der Waals surface area (Å²) in [4.78, 5) is 6.89. The SMILES string of the molecule is Cc1cc(C(C)n2c(N)nc3cc(I)c(F)cc32)c(C)s1. The zero-order chi connectivity index (χ0) is 15.3. The van der Waals surface area contributed by atoms with Crippen LogP contribution < -0.4 is 5.73 Å². The second-order valence-electron chi connectivity index (χ2n) is 5.14. The van der Waals surface area contributed by atoms with E-state index in [9.17, 15) is 4.39 Å². The molecule has 0 bridgehead atoms. The van der Waals surface area contributed by atoms with Crippen molar-refractivity contribution in [3.05, 3.63) is 42.9 Å². The number of hydrogen-bond donors (Lipinski definition) is 1. The highest BCUT2D eigenvalue weighted by Gasteiger charge is 2.19. The number of nitrogens with two attached hydrogens (primary N) is 1. The van der Waals surface area contributed by atoms with Crippen molar-refractivity contribution in [1.29, 1.82) is 0 Å². The molecular formula is C15H15FIN3S. The smallest absolute Gasteiger partial charge is 0.201 e. The van der Waals surface area contributed by atoms with E-state index in [1.54, 1.807) is 17.4 Å². The van der Waals surface area contributed by atoms with Crippen molar-refractivity contribution in [2.45, 2.75) is 26.8 Å². The van der Waals surface area contributed by atoms with Crippen molar-refractivity contribution in [2.75, 3.05) is 5.73 Å². The van der Waals surface area contributed by atoms with Gasteiger partial charge >= 0.3 is 0 Å². The molecule has 0 amide bonds. The van der Waals surface area contributed by atoms with Gasteiger partial charge in [-0.15, -0.1) is 11.3 Å². The molecule has 0 aliphatic rings. The minimum Gasteiger partial charge on any atom is -0.369 e. The number of thiophene rings is 1. The fourth-order valence-electron chi connectivity index (χ4n) is 2.72. The highest BCUT2D eigenvalue weighted by molar-refractivity contribution is 14.1. The maximum Gasteiger partial charge on any atom is 0.201 e. The minimum absolute atomic E-state index is 0.0272. The molecule has 0 aliphatic carbocycles. The van der Waals surface area contributed by atoms with Gasteiger partial charge in [0.2, 0.25) is 5.95 Å². The first-order valence-electron chi connectivity index (χ1n) is 6.58. The fourth-order valence-corrected chi connectivity index (χ4v) is 4.19. The number of anilines is 1. The first-order valence-corrected chi connectivity index (χ1v) is 8.47. The van der Waals surface area contributed by atoms with Crippen LogP contribution in [0.25, 0.3) is 11.0 Å². The Morgan fingerprint density at radius 3 is 2.67 bits per heavy atom. The number of halogens is 2. The van der Waals surface area contributed by atoms with Crippen molar-refractivity contribution in [3.63, 3.8) is 0 Å². The van der Waals surface area contributed by atoms with Gasteiger partial charge in [-0.05, 0) is 61.1 Å². The average Bonchev–Trinajstić information content (AvgIpc) is 2.89. The molecular weight excluding hydrogens is 400 g/mol. The van der Waals surface area contributed by atoms with Crippen LogP contribution in [-0.2, 0) is 0 Å². The molecule has 110 valence electrons. The van der Waals surface area contributed by atoms with Crippen molar-refractivity contribution >= 4 is 50.9 Å². The predicted octanol–water partition coefficient (Wildman–Crippen LogP) is 4.65. The highest BCUT2D eigenvalue weighted by atomic mass is 127. The van der Waals surface area contributed by atoms with E-state index in [1.807, 2.05) is 27.2 Å². The van der Waals surface area contributed by atoms with Crippen LogP contribution in [0.1, 0.15) is 28.3 Å². The second-order valence-corrected chi connectivity index (χ2v) is 7.76. The van der Waals surface area contributed by atoms with Crippen LogP contribution in [0.4, 0.5) is 10.3 Å². The normalized spacial score (nSPS) is 13.0. The third-order valence-corrected chi connectivity index (χ3v) is 5.48. The van der Waals surface area contributed by atoms with Gasteiger partial charge in [-0.25, -0.2) is 9.37 Å². The molecule has 0 spiro atoms. The molecule has 1 aromatic carbocycles. The third-order valence-electron chi connectivity index (χ3n) is 3.68. The molecule has 1 atom stereocenters. The zero-order valence-corrected chi connectivity index (χ0v) is 14.9. The maximum absolute atomic E-state index is 13.9. The third kappa shape index (κ3) is 2.44. The highest BCUT2D eigenvalue weighted by Crippen LogP contribution is 2.33. The Morgan fingerprint density at radius 2 is 2.05 bits per heavy atom. The Labute approximate surface area is 140 Å². The van der Waals surface area contributed by atoms with Gasteiger partial charge in [-0.3, -0.25) is 0 Å². The molecule has 2 N–H and O–H groups in total. The predicted molar refractivity (Wildman–Crippen MR) is 94.4 cm³/mol. The van der Waals surface area contributed by atoms with E-state index >= 15 is 0 Å². The molecule has 0 fully saturated rings. The van der Waals surface area contributed by atoms with E-state index < -0.39 is 0 Å². The molecule has 0 saturated heterocycles. The van der Waals surface area contributed by atoms with E-state index in [2.05, 4.69) is 31.8 Å². The van der Waals surface area contributed by atoms with Gasteiger partial charge in [0, 0.05) is 15.8 Å². The molecule has 0 saturated carbocycles. The molecule has 3 rings (SSSR count). The Hall–Kier alpha value is -1.15. The Kier molecular flexibility index (Phi) is 3.69. The molecule has 6 heteroatoms. The van der Waals surface area contributed by atoms with Crippen molar-refractivity contribution in [2.24, 2.45) is 0 Å². The molecule has 2 heterocycles. The number of rotatable bonds is 2. The van der Waals surface area contributed by atoms with Gasteiger partial charge in [0.1, 0.15) is 5.82 Å². The number of benzene rings is 1. The first-order chi connectivity index (χ1) is 9.88.